The Labute approximate surface area is 165 Å². The lowest BCUT2D eigenvalue weighted by Crippen LogP contribution is -2.35. The minimum absolute atomic E-state index is 0.263. The fourth-order valence-corrected chi connectivity index (χ4v) is 3.48. The molecule has 1 aliphatic rings. The zero-order valence-corrected chi connectivity index (χ0v) is 16.3. The first-order valence-electron chi connectivity index (χ1n) is 8.72. The molecule has 1 aromatic heterocycles. The topological polar surface area (TPSA) is 96.3 Å². The molecule has 9 heteroatoms. The summed E-state index contributed by atoms with van der Waals surface area (Å²) in [6.45, 7) is 2.67. The summed E-state index contributed by atoms with van der Waals surface area (Å²) in [6, 6.07) is 5.40. The van der Waals surface area contributed by atoms with E-state index in [2.05, 4.69) is 10.3 Å². The molecule has 1 saturated heterocycles. The lowest BCUT2D eigenvalue weighted by atomic mass is 10.1. The number of rotatable bonds is 6. The number of aromatic amines is 1. The molecule has 1 unspecified atom stereocenters. The van der Waals surface area contributed by atoms with Crippen LogP contribution in [0.15, 0.2) is 34.0 Å². The van der Waals surface area contributed by atoms with Gasteiger partial charge in [0.2, 0.25) is 0 Å². The van der Waals surface area contributed by atoms with Crippen molar-refractivity contribution in [2.24, 2.45) is 0 Å². The van der Waals surface area contributed by atoms with E-state index in [1.54, 1.807) is 6.07 Å². The van der Waals surface area contributed by atoms with E-state index in [-0.39, 0.29) is 6.42 Å². The number of aryl methyl sites for hydroxylation is 1. The molecule has 1 aromatic carbocycles. The molecule has 1 fully saturated rings. The first-order chi connectivity index (χ1) is 12.9. The summed E-state index contributed by atoms with van der Waals surface area (Å²) in [7, 11) is 0. The van der Waals surface area contributed by atoms with Gasteiger partial charge in [0.25, 0.3) is 5.56 Å². The minimum Gasteiger partial charge on any atom is -0.390 e. The summed E-state index contributed by atoms with van der Waals surface area (Å²) in [5, 5.41) is 14.4. The van der Waals surface area contributed by atoms with E-state index in [1.807, 2.05) is 19.1 Å². The van der Waals surface area contributed by atoms with Crippen LogP contribution in [-0.4, -0.2) is 33.4 Å². The maximum absolute atomic E-state index is 12.1. The third-order valence-corrected chi connectivity index (χ3v) is 5.49. The summed E-state index contributed by atoms with van der Waals surface area (Å²) in [6.07, 6.45) is 0.407. The Morgan fingerprint density at radius 1 is 1.33 bits per heavy atom. The molecule has 3 rings (SSSR count). The maximum atomic E-state index is 12.1. The molecule has 2 aromatic rings. The van der Waals surface area contributed by atoms with Crippen LogP contribution in [0.25, 0.3) is 0 Å². The second kappa shape index (κ2) is 8.58. The van der Waals surface area contributed by atoms with Crippen LogP contribution in [0.1, 0.15) is 30.7 Å². The first-order valence-corrected chi connectivity index (χ1v) is 9.47. The van der Waals surface area contributed by atoms with Gasteiger partial charge in [0.1, 0.15) is 6.23 Å². The molecule has 1 aliphatic heterocycles. The van der Waals surface area contributed by atoms with Gasteiger partial charge in [0.15, 0.2) is 0 Å². The summed E-state index contributed by atoms with van der Waals surface area (Å²) in [5.41, 5.74) is 0.394. The smallest absolute Gasteiger partial charge is 0.330 e. The van der Waals surface area contributed by atoms with Crippen LogP contribution in [0, 0.1) is 0 Å². The van der Waals surface area contributed by atoms with Crippen LogP contribution < -0.4 is 16.6 Å². The minimum atomic E-state index is -0.735. The predicted molar refractivity (Wildman–Crippen MR) is 103 cm³/mol. The number of hydrogen-bond donors (Lipinski definition) is 3. The average molecular weight is 414 g/mol. The Morgan fingerprint density at radius 3 is 2.85 bits per heavy atom. The van der Waals surface area contributed by atoms with E-state index >= 15 is 0 Å². The van der Waals surface area contributed by atoms with Crippen LogP contribution in [0.2, 0.25) is 10.0 Å². The van der Waals surface area contributed by atoms with Gasteiger partial charge in [-0.1, -0.05) is 42.3 Å². The van der Waals surface area contributed by atoms with E-state index in [0.717, 1.165) is 5.56 Å². The molecular formula is C18H21Cl2N3O4. The molecule has 0 radical (unpaired) electrons. The molecule has 0 bridgehead atoms. The van der Waals surface area contributed by atoms with E-state index in [1.165, 1.54) is 10.8 Å². The molecule has 3 N–H and O–H groups in total. The van der Waals surface area contributed by atoms with Crippen LogP contribution in [0.3, 0.4) is 0 Å². The van der Waals surface area contributed by atoms with Crippen LogP contribution in [0.4, 0.5) is 0 Å². The standard InChI is InChI=1S/C18H21Cl2N3O4/c1-2-10-9-23(18(26)22-17(10)25)15-6-13(24)14(27-15)8-21-7-11-4-3-5-12(19)16(11)20/h3-5,9,13-15,21,24H,2,6-8H2,1H3,(H,22,25,26)/t13?,14-,15-/m0/s1. The second-order valence-corrected chi connectivity index (χ2v) is 7.24. The van der Waals surface area contributed by atoms with E-state index in [9.17, 15) is 14.7 Å². The van der Waals surface area contributed by atoms with Crippen molar-refractivity contribution in [1.29, 1.82) is 0 Å². The van der Waals surface area contributed by atoms with Crippen molar-refractivity contribution in [3.8, 4) is 0 Å². The number of nitrogens with zero attached hydrogens (tertiary/aromatic N) is 1. The van der Waals surface area contributed by atoms with Gasteiger partial charge >= 0.3 is 5.69 Å². The number of halogens is 2. The quantitative estimate of drug-likeness (QED) is 0.671. The Balaban J connectivity index is 1.64. The highest BCUT2D eigenvalue weighted by atomic mass is 35.5. The van der Waals surface area contributed by atoms with Crippen molar-refractivity contribution in [1.82, 2.24) is 14.9 Å². The number of H-pyrrole nitrogens is 1. The third kappa shape index (κ3) is 4.44. The average Bonchev–Trinajstić information content (AvgIpc) is 2.99. The molecule has 0 amide bonds. The van der Waals surface area contributed by atoms with Gasteiger partial charge in [-0.05, 0) is 18.1 Å². The number of ether oxygens (including phenoxy) is 1. The third-order valence-electron chi connectivity index (χ3n) is 4.63. The Morgan fingerprint density at radius 2 is 2.11 bits per heavy atom. The predicted octanol–water partition coefficient (Wildman–Crippen LogP) is 1.84. The van der Waals surface area contributed by atoms with Gasteiger partial charge in [0, 0.05) is 31.3 Å². The molecule has 3 atom stereocenters. The molecule has 0 aliphatic carbocycles. The number of aliphatic hydroxyl groups is 1. The van der Waals surface area contributed by atoms with Crippen LogP contribution in [-0.2, 0) is 17.7 Å². The van der Waals surface area contributed by atoms with Gasteiger partial charge in [-0.15, -0.1) is 0 Å². The molecule has 0 spiro atoms. The van der Waals surface area contributed by atoms with Gasteiger partial charge in [-0.25, -0.2) is 4.79 Å². The van der Waals surface area contributed by atoms with Gasteiger partial charge in [-0.3, -0.25) is 14.3 Å². The zero-order valence-electron chi connectivity index (χ0n) is 14.7. The molecule has 146 valence electrons. The summed E-state index contributed by atoms with van der Waals surface area (Å²) in [5.74, 6) is 0. The Kier molecular flexibility index (Phi) is 6.39. The fraction of sp³-hybridized carbons (Fsp3) is 0.444. The summed E-state index contributed by atoms with van der Waals surface area (Å²) in [4.78, 5) is 26.1. The zero-order chi connectivity index (χ0) is 19.6. The van der Waals surface area contributed by atoms with Gasteiger partial charge < -0.3 is 15.2 Å². The van der Waals surface area contributed by atoms with Crippen molar-refractivity contribution in [3.63, 3.8) is 0 Å². The Hall–Kier alpha value is -1.64. The van der Waals surface area contributed by atoms with Crippen molar-refractivity contribution < 1.29 is 9.84 Å². The normalized spacial score (nSPS) is 22.3. The molecule has 27 heavy (non-hydrogen) atoms. The summed E-state index contributed by atoms with van der Waals surface area (Å²) >= 11 is 12.2. The SMILES string of the molecule is CCc1cn([C@@H]2CC(O)[C@H](CNCc3cccc(Cl)c3Cl)O2)c(=O)[nH]c1=O. The highest BCUT2D eigenvalue weighted by molar-refractivity contribution is 6.42. The van der Waals surface area contributed by atoms with Crippen molar-refractivity contribution in [2.75, 3.05) is 6.54 Å². The highest BCUT2D eigenvalue weighted by Gasteiger charge is 2.35. The monoisotopic (exact) mass is 413 g/mol. The number of nitrogens with one attached hydrogen (secondary N) is 2. The van der Waals surface area contributed by atoms with Gasteiger partial charge in [0.05, 0.1) is 22.3 Å². The fourth-order valence-electron chi connectivity index (χ4n) is 3.10. The lowest BCUT2D eigenvalue weighted by Gasteiger charge is -2.17. The van der Waals surface area contributed by atoms with Crippen molar-refractivity contribution in [2.45, 2.75) is 44.7 Å². The maximum Gasteiger partial charge on any atom is 0.330 e. The second-order valence-electron chi connectivity index (χ2n) is 6.45. The number of aromatic nitrogens is 2. The molecule has 7 nitrogen and oxygen atoms in total. The molecule has 2 heterocycles. The first kappa shape index (κ1) is 20.1. The lowest BCUT2D eigenvalue weighted by molar-refractivity contribution is -0.0194. The summed E-state index contributed by atoms with van der Waals surface area (Å²) < 4.78 is 7.17. The van der Waals surface area contributed by atoms with Crippen LogP contribution >= 0.6 is 23.2 Å². The van der Waals surface area contributed by atoms with Gasteiger partial charge in [-0.2, -0.15) is 0 Å². The number of benzene rings is 1. The van der Waals surface area contributed by atoms with Crippen molar-refractivity contribution >= 4 is 23.2 Å². The van der Waals surface area contributed by atoms with E-state index in [4.69, 9.17) is 27.9 Å². The highest BCUT2D eigenvalue weighted by Crippen LogP contribution is 2.28. The van der Waals surface area contributed by atoms with E-state index < -0.39 is 29.7 Å². The molecule has 0 saturated carbocycles. The largest absolute Gasteiger partial charge is 0.390 e. The number of hydrogen-bond acceptors (Lipinski definition) is 5. The van der Waals surface area contributed by atoms with Crippen molar-refractivity contribution in [3.05, 3.63) is 66.4 Å². The molecular weight excluding hydrogens is 393 g/mol. The number of aliphatic hydroxyl groups excluding tert-OH is 1. The van der Waals surface area contributed by atoms with E-state index in [0.29, 0.717) is 35.1 Å². The Bertz CT molecular complexity index is 928. The van der Waals surface area contributed by atoms with Crippen LogP contribution in [0.5, 0.6) is 0 Å².